The molecule has 0 spiro atoms. The summed E-state index contributed by atoms with van der Waals surface area (Å²) in [6, 6.07) is 0. The van der Waals surface area contributed by atoms with E-state index in [0.29, 0.717) is 6.54 Å². The number of ether oxygens (including phenoxy) is 2. The molecule has 0 unspecified atom stereocenters. The molecule has 6 nitrogen and oxygen atoms in total. The largest absolute Gasteiger partial charge is 0.460 e. The summed E-state index contributed by atoms with van der Waals surface area (Å²) < 4.78 is 9.61. The van der Waals surface area contributed by atoms with Crippen molar-refractivity contribution >= 4 is 12.1 Å². The maximum atomic E-state index is 11.2. The van der Waals surface area contributed by atoms with Gasteiger partial charge in [-0.1, -0.05) is 0 Å². The number of nitrogens with two attached hydrogens (primary N) is 1. The van der Waals surface area contributed by atoms with E-state index in [4.69, 9.17) is 15.2 Å². The Morgan fingerprint density at radius 2 is 2.43 bits per heavy atom. The van der Waals surface area contributed by atoms with Gasteiger partial charge in [0.1, 0.15) is 12.1 Å². The average Bonchev–Trinajstić information content (AvgIpc) is 2.45. The molecular weight excluding hydrogens is 188 g/mol. The molecule has 0 radical (unpaired) electrons. The highest BCUT2D eigenvalue weighted by atomic mass is 16.6. The fraction of sp³-hybridized carbons (Fsp3) is 0.750. The van der Waals surface area contributed by atoms with E-state index in [1.807, 2.05) is 0 Å². The predicted octanol–water partition coefficient (Wildman–Crippen LogP) is -0.625. The van der Waals surface area contributed by atoms with Gasteiger partial charge in [-0.05, 0) is 13.8 Å². The van der Waals surface area contributed by atoms with Crippen molar-refractivity contribution in [2.75, 3.05) is 13.2 Å². The van der Waals surface area contributed by atoms with Crippen LogP contribution in [0.1, 0.15) is 13.8 Å². The average molecular weight is 202 g/mol. The van der Waals surface area contributed by atoms with Crippen molar-refractivity contribution in [1.82, 2.24) is 5.32 Å². The highest BCUT2D eigenvalue weighted by Crippen LogP contribution is 2.04. The van der Waals surface area contributed by atoms with Gasteiger partial charge >= 0.3 is 12.1 Å². The Bertz CT molecular complexity index is 246. The van der Waals surface area contributed by atoms with Gasteiger partial charge in [0.15, 0.2) is 6.10 Å². The Labute approximate surface area is 81.7 Å². The van der Waals surface area contributed by atoms with Crippen molar-refractivity contribution in [2.45, 2.75) is 25.5 Å². The third-order valence-electron chi connectivity index (χ3n) is 1.67. The van der Waals surface area contributed by atoms with E-state index in [0.717, 1.165) is 0 Å². The number of hydrogen-bond donors (Lipinski definition) is 2. The molecule has 0 aromatic heterocycles. The zero-order valence-electron chi connectivity index (χ0n) is 8.20. The van der Waals surface area contributed by atoms with E-state index >= 15 is 0 Å². The second-order valence-corrected chi connectivity index (χ2v) is 3.73. The third kappa shape index (κ3) is 2.88. The van der Waals surface area contributed by atoms with Crippen LogP contribution >= 0.6 is 0 Å². The predicted molar refractivity (Wildman–Crippen MR) is 47.5 cm³/mol. The summed E-state index contributed by atoms with van der Waals surface area (Å²) in [4.78, 5) is 21.8. The molecule has 1 aliphatic rings. The molecule has 1 atom stereocenters. The van der Waals surface area contributed by atoms with Crippen LogP contribution in [-0.4, -0.2) is 36.9 Å². The van der Waals surface area contributed by atoms with Crippen LogP contribution in [0.2, 0.25) is 0 Å². The minimum Gasteiger partial charge on any atom is -0.460 e. The maximum absolute atomic E-state index is 11.2. The first-order chi connectivity index (χ1) is 6.39. The number of amides is 1. The quantitative estimate of drug-likeness (QED) is 0.595. The van der Waals surface area contributed by atoms with Crippen LogP contribution in [-0.2, 0) is 14.3 Å². The van der Waals surface area contributed by atoms with Crippen molar-refractivity contribution in [3.8, 4) is 0 Å². The molecule has 0 saturated carbocycles. The van der Waals surface area contributed by atoms with Crippen LogP contribution in [0.15, 0.2) is 0 Å². The summed E-state index contributed by atoms with van der Waals surface area (Å²) in [5.41, 5.74) is 4.48. The van der Waals surface area contributed by atoms with Gasteiger partial charge in [0, 0.05) is 0 Å². The zero-order chi connectivity index (χ0) is 10.8. The van der Waals surface area contributed by atoms with Crippen LogP contribution in [0.3, 0.4) is 0 Å². The van der Waals surface area contributed by atoms with Crippen molar-refractivity contribution in [2.24, 2.45) is 5.73 Å². The van der Waals surface area contributed by atoms with Gasteiger partial charge in [-0.15, -0.1) is 0 Å². The number of hydrogen-bond acceptors (Lipinski definition) is 5. The Balaban J connectivity index is 2.28. The van der Waals surface area contributed by atoms with Crippen LogP contribution < -0.4 is 11.1 Å². The third-order valence-corrected chi connectivity index (χ3v) is 1.67. The summed E-state index contributed by atoms with van der Waals surface area (Å²) in [5, 5.41) is 2.45. The summed E-state index contributed by atoms with van der Waals surface area (Å²) in [5.74, 6) is -0.513. The number of alkyl carbamates (subject to hydrolysis) is 1. The Morgan fingerprint density at radius 1 is 1.79 bits per heavy atom. The van der Waals surface area contributed by atoms with E-state index in [9.17, 15) is 9.59 Å². The molecule has 1 rings (SSSR count). The lowest BCUT2D eigenvalue weighted by Gasteiger charge is -2.17. The number of nitrogens with one attached hydrogen (secondary N) is 1. The molecule has 1 fully saturated rings. The molecule has 0 aromatic rings. The minimum atomic E-state index is -1.02. The van der Waals surface area contributed by atoms with Crippen LogP contribution in [0, 0.1) is 0 Å². The first-order valence-corrected chi connectivity index (χ1v) is 4.30. The first kappa shape index (κ1) is 10.8. The second kappa shape index (κ2) is 3.83. The lowest BCUT2D eigenvalue weighted by molar-refractivity contribution is -0.151. The smallest absolute Gasteiger partial charge is 0.407 e. The minimum absolute atomic E-state index is 0.0399. The topological polar surface area (TPSA) is 90.7 Å². The number of carbonyl (C=O) groups is 2. The molecule has 1 saturated heterocycles. The van der Waals surface area contributed by atoms with Crippen molar-refractivity contribution in [1.29, 1.82) is 0 Å². The van der Waals surface area contributed by atoms with Gasteiger partial charge < -0.3 is 20.5 Å². The van der Waals surface area contributed by atoms with E-state index in [-0.39, 0.29) is 6.61 Å². The van der Waals surface area contributed by atoms with Crippen LogP contribution in [0.25, 0.3) is 0 Å². The Morgan fingerprint density at radius 3 is 2.86 bits per heavy atom. The molecule has 14 heavy (non-hydrogen) atoms. The van der Waals surface area contributed by atoms with Gasteiger partial charge in [-0.3, -0.25) is 4.79 Å². The number of carbonyl (C=O) groups excluding carboxylic acids is 2. The van der Waals surface area contributed by atoms with Crippen molar-refractivity contribution in [3.63, 3.8) is 0 Å². The summed E-state index contributed by atoms with van der Waals surface area (Å²) in [6.45, 7) is 3.50. The summed E-state index contributed by atoms with van der Waals surface area (Å²) in [7, 11) is 0. The van der Waals surface area contributed by atoms with Crippen molar-refractivity contribution in [3.05, 3.63) is 0 Å². The van der Waals surface area contributed by atoms with Gasteiger partial charge in [0.05, 0.1) is 6.54 Å². The van der Waals surface area contributed by atoms with Gasteiger partial charge in [0.2, 0.25) is 0 Å². The number of rotatable bonds is 3. The summed E-state index contributed by atoms with van der Waals surface area (Å²) in [6.07, 6.45) is -0.896. The van der Waals surface area contributed by atoms with Gasteiger partial charge in [-0.2, -0.15) is 0 Å². The molecule has 1 heterocycles. The monoisotopic (exact) mass is 202 g/mol. The van der Waals surface area contributed by atoms with Gasteiger partial charge in [-0.25, -0.2) is 4.79 Å². The highest BCUT2D eigenvalue weighted by molar-refractivity contribution is 5.79. The zero-order valence-corrected chi connectivity index (χ0v) is 8.20. The van der Waals surface area contributed by atoms with E-state index < -0.39 is 23.7 Å². The standard InChI is InChI=1S/C8H14N2O4/c1-8(2,9)6(11)13-4-5-3-10-7(12)14-5/h5H,3-4,9H2,1-2H3,(H,10,12)/t5-/m1/s1. The Hall–Kier alpha value is -1.30. The molecule has 80 valence electrons. The molecular formula is C8H14N2O4. The molecule has 3 N–H and O–H groups in total. The summed E-state index contributed by atoms with van der Waals surface area (Å²) >= 11 is 0. The fourth-order valence-corrected chi connectivity index (χ4v) is 0.879. The Kier molecular flexibility index (Phi) is 2.95. The van der Waals surface area contributed by atoms with Crippen LogP contribution in [0.5, 0.6) is 0 Å². The van der Waals surface area contributed by atoms with E-state index in [2.05, 4.69) is 5.32 Å². The first-order valence-electron chi connectivity index (χ1n) is 4.30. The molecule has 6 heteroatoms. The molecule has 0 aromatic carbocycles. The fourth-order valence-electron chi connectivity index (χ4n) is 0.879. The lowest BCUT2D eigenvalue weighted by atomic mass is 10.1. The number of esters is 1. The maximum Gasteiger partial charge on any atom is 0.407 e. The molecule has 0 bridgehead atoms. The number of cyclic esters (lactones) is 1. The highest BCUT2D eigenvalue weighted by Gasteiger charge is 2.28. The molecule has 1 aliphatic heterocycles. The normalized spacial score (nSPS) is 21.4. The second-order valence-electron chi connectivity index (χ2n) is 3.73. The lowest BCUT2D eigenvalue weighted by Crippen LogP contribution is -2.43. The van der Waals surface area contributed by atoms with E-state index in [1.54, 1.807) is 13.8 Å². The van der Waals surface area contributed by atoms with E-state index in [1.165, 1.54) is 0 Å². The molecule has 1 amide bonds. The molecule has 0 aliphatic carbocycles. The van der Waals surface area contributed by atoms with Gasteiger partial charge in [0.25, 0.3) is 0 Å². The SMILES string of the molecule is CC(C)(N)C(=O)OC[C@H]1CNC(=O)O1. The van der Waals surface area contributed by atoms with Crippen LogP contribution in [0.4, 0.5) is 4.79 Å². The van der Waals surface area contributed by atoms with Crippen molar-refractivity contribution < 1.29 is 19.1 Å².